The number of hydrogen-bond acceptors (Lipinski definition) is 1. The van der Waals surface area contributed by atoms with Crippen LogP contribution in [0.3, 0.4) is 0 Å². The first kappa shape index (κ1) is 16.2. The molecule has 0 fully saturated rings. The van der Waals surface area contributed by atoms with Crippen molar-refractivity contribution in [3.63, 3.8) is 0 Å². The van der Waals surface area contributed by atoms with Crippen LogP contribution in [-0.4, -0.2) is 5.71 Å². The van der Waals surface area contributed by atoms with Crippen LogP contribution in [-0.2, 0) is 6.42 Å². The van der Waals surface area contributed by atoms with E-state index in [-0.39, 0.29) is 0 Å². The minimum Gasteiger partial charge on any atom is -0.257 e. The molecule has 0 spiro atoms. The molecule has 0 aliphatic rings. The molecule has 0 aliphatic heterocycles. The number of allylic oxidation sites excluding steroid dienone is 1. The van der Waals surface area contributed by atoms with E-state index in [2.05, 4.69) is 87.5 Å². The second kappa shape index (κ2) is 7.27. The van der Waals surface area contributed by atoms with E-state index in [1.807, 2.05) is 6.07 Å². The van der Waals surface area contributed by atoms with Gasteiger partial charge in [-0.15, -0.1) is 0 Å². The molecule has 0 aliphatic carbocycles. The fourth-order valence-corrected chi connectivity index (χ4v) is 2.92. The van der Waals surface area contributed by atoms with E-state index in [4.69, 9.17) is 4.99 Å². The molecule has 0 radical (unpaired) electrons. The van der Waals surface area contributed by atoms with E-state index < -0.39 is 0 Å². The summed E-state index contributed by atoms with van der Waals surface area (Å²) in [7, 11) is 0. The summed E-state index contributed by atoms with van der Waals surface area (Å²) < 4.78 is 0. The van der Waals surface area contributed by atoms with Gasteiger partial charge >= 0.3 is 0 Å². The number of hydrogen-bond donors (Lipinski definition) is 0. The van der Waals surface area contributed by atoms with Crippen LogP contribution in [0.5, 0.6) is 0 Å². The van der Waals surface area contributed by atoms with Gasteiger partial charge in [0.2, 0.25) is 0 Å². The van der Waals surface area contributed by atoms with E-state index in [1.54, 1.807) is 0 Å². The molecule has 0 aromatic heterocycles. The smallest absolute Gasteiger partial charge is 0.0687 e. The highest BCUT2D eigenvalue weighted by atomic mass is 14.8. The van der Waals surface area contributed by atoms with Gasteiger partial charge in [0.05, 0.1) is 5.70 Å². The van der Waals surface area contributed by atoms with Crippen molar-refractivity contribution in [2.24, 2.45) is 4.99 Å². The molecule has 0 unspecified atom stereocenters. The van der Waals surface area contributed by atoms with E-state index in [0.717, 1.165) is 17.8 Å². The lowest BCUT2D eigenvalue weighted by atomic mass is 10.0. The lowest BCUT2D eigenvalue weighted by Crippen LogP contribution is -1.99. The molecule has 3 aromatic carbocycles. The Morgan fingerprint density at radius 2 is 1.42 bits per heavy atom. The molecule has 1 heteroatoms. The van der Waals surface area contributed by atoms with E-state index in [0.29, 0.717) is 0 Å². The summed E-state index contributed by atoms with van der Waals surface area (Å²) >= 11 is 0. The van der Waals surface area contributed by atoms with Gasteiger partial charge in [-0.1, -0.05) is 72.3 Å². The maximum atomic E-state index is 4.94. The molecular formula is C23H23N. The molecular weight excluding hydrogens is 290 g/mol. The Balaban J connectivity index is 1.94. The molecule has 0 N–H and O–H groups in total. The summed E-state index contributed by atoms with van der Waals surface area (Å²) in [6.07, 6.45) is 0.880. The third-order valence-electron chi connectivity index (χ3n) is 4.10. The minimum absolute atomic E-state index is 0.880. The Hall–Kier alpha value is -2.67. The van der Waals surface area contributed by atoms with Crippen molar-refractivity contribution in [1.29, 1.82) is 0 Å². The van der Waals surface area contributed by atoms with Crippen LogP contribution < -0.4 is 0 Å². The fourth-order valence-electron chi connectivity index (χ4n) is 2.92. The first-order valence-electron chi connectivity index (χ1n) is 8.38. The Morgan fingerprint density at radius 3 is 2.12 bits per heavy atom. The fraction of sp³-hybridized carbons (Fsp3) is 0.174. The molecule has 24 heavy (non-hydrogen) atoms. The maximum absolute atomic E-state index is 4.94. The predicted octanol–water partition coefficient (Wildman–Crippen LogP) is 6.29. The van der Waals surface area contributed by atoms with Gasteiger partial charge in [-0.3, -0.25) is 4.99 Å². The van der Waals surface area contributed by atoms with Crippen molar-refractivity contribution in [2.45, 2.75) is 27.2 Å². The van der Waals surface area contributed by atoms with Gasteiger partial charge in [-0.25, -0.2) is 0 Å². The Morgan fingerprint density at radius 1 is 0.750 bits per heavy atom. The summed E-state index contributed by atoms with van der Waals surface area (Å²) in [6, 6.07) is 25.5. The van der Waals surface area contributed by atoms with E-state index >= 15 is 0 Å². The molecule has 3 aromatic rings. The summed E-state index contributed by atoms with van der Waals surface area (Å²) in [6.45, 7) is 6.37. The Bertz CT molecular complexity index is 897. The quantitative estimate of drug-likeness (QED) is 0.502. The Kier molecular flexibility index (Phi) is 4.90. The summed E-state index contributed by atoms with van der Waals surface area (Å²) in [4.78, 5) is 4.94. The van der Waals surface area contributed by atoms with E-state index in [9.17, 15) is 0 Å². The summed E-state index contributed by atoms with van der Waals surface area (Å²) in [5.41, 5.74) is 5.92. The normalized spacial score (nSPS) is 11.5. The standard InChI is InChI=1S/C23H23N/c1-17(2)23(24-18(3)15-19-9-5-4-6-10-19)22-14-13-20-11-7-8-12-21(20)16-22/h4-14,16H,15H2,1-3H3/b24-18+. The zero-order valence-corrected chi connectivity index (χ0v) is 14.6. The number of benzene rings is 3. The number of rotatable bonds is 4. The Labute approximate surface area is 144 Å². The minimum atomic E-state index is 0.880. The van der Waals surface area contributed by atoms with Crippen LogP contribution in [0, 0.1) is 0 Å². The van der Waals surface area contributed by atoms with Gasteiger partial charge in [0.1, 0.15) is 0 Å². The van der Waals surface area contributed by atoms with Crippen LogP contribution in [0.2, 0.25) is 0 Å². The third-order valence-corrected chi connectivity index (χ3v) is 4.10. The van der Waals surface area contributed by atoms with Crippen LogP contribution in [0.25, 0.3) is 16.5 Å². The average molecular weight is 313 g/mol. The van der Waals surface area contributed by atoms with Crippen molar-refractivity contribution in [3.05, 3.63) is 89.5 Å². The van der Waals surface area contributed by atoms with Crippen molar-refractivity contribution >= 4 is 22.2 Å². The second-order valence-electron chi connectivity index (χ2n) is 6.42. The molecule has 0 heterocycles. The zero-order chi connectivity index (χ0) is 16.9. The number of nitrogens with zero attached hydrogens (tertiary/aromatic N) is 1. The SMILES string of the molecule is CC(C)=C(/N=C(\C)Cc1ccccc1)c1ccc2ccccc2c1. The van der Waals surface area contributed by atoms with Gasteiger partial charge < -0.3 is 0 Å². The first-order chi connectivity index (χ1) is 11.6. The lowest BCUT2D eigenvalue weighted by Gasteiger charge is -2.09. The number of fused-ring (bicyclic) bond motifs is 1. The third kappa shape index (κ3) is 3.80. The van der Waals surface area contributed by atoms with E-state index in [1.165, 1.54) is 27.5 Å². The van der Waals surface area contributed by atoms with Gasteiger partial charge in [-0.05, 0) is 43.2 Å². The average Bonchev–Trinajstić information content (AvgIpc) is 2.60. The van der Waals surface area contributed by atoms with Crippen molar-refractivity contribution < 1.29 is 0 Å². The predicted molar refractivity (Wildman–Crippen MR) is 105 cm³/mol. The highest BCUT2D eigenvalue weighted by molar-refractivity contribution is 5.92. The molecule has 0 bridgehead atoms. The zero-order valence-electron chi connectivity index (χ0n) is 14.6. The molecule has 0 atom stereocenters. The van der Waals surface area contributed by atoms with Crippen LogP contribution >= 0.6 is 0 Å². The molecule has 0 saturated carbocycles. The maximum Gasteiger partial charge on any atom is 0.0687 e. The van der Waals surface area contributed by atoms with Gasteiger partial charge in [0.15, 0.2) is 0 Å². The van der Waals surface area contributed by atoms with Crippen LogP contribution in [0.4, 0.5) is 0 Å². The van der Waals surface area contributed by atoms with Crippen LogP contribution in [0.15, 0.2) is 83.4 Å². The van der Waals surface area contributed by atoms with Gasteiger partial charge in [0, 0.05) is 17.7 Å². The van der Waals surface area contributed by atoms with Crippen molar-refractivity contribution in [2.75, 3.05) is 0 Å². The molecule has 120 valence electrons. The number of aliphatic imine (C=N–C) groups is 1. The summed E-state index contributed by atoms with van der Waals surface area (Å²) in [5, 5.41) is 2.52. The topological polar surface area (TPSA) is 12.4 Å². The van der Waals surface area contributed by atoms with Crippen molar-refractivity contribution in [1.82, 2.24) is 0 Å². The molecule has 1 nitrogen and oxygen atoms in total. The molecule has 0 saturated heterocycles. The van der Waals surface area contributed by atoms with Gasteiger partial charge in [-0.2, -0.15) is 0 Å². The highest BCUT2D eigenvalue weighted by Gasteiger charge is 2.05. The van der Waals surface area contributed by atoms with Crippen LogP contribution in [0.1, 0.15) is 31.9 Å². The monoisotopic (exact) mass is 313 g/mol. The lowest BCUT2D eigenvalue weighted by molar-refractivity contribution is 1.27. The molecule has 3 rings (SSSR count). The highest BCUT2D eigenvalue weighted by Crippen LogP contribution is 2.25. The van der Waals surface area contributed by atoms with Gasteiger partial charge in [0.25, 0.3) is 0 Å². The summed E-state index contributed by atoms with van der Waals surface area (Å²) in [5.74, 6) is 0. The van der Waals surface area contributed by atoms with Crippen molar-refractivity contribution in [3.8, 4) is 0 Å². The first-order valence-corrected chi connectivity index (χ1v) is 8.38. The largest absolute Gasteiger partial charge is 0.257 e. The second-order valence-corrected chi connectivity index (χ2v) is 6.42. The molecule has 0 amide bonds.